The molecule has 1 saturated heterocycles. The van der Waals surface area contributed by atoms with Gasteiger partial charge in [0.05, 0.1) is 10.7 Å². The standard InChI is InChI=1S/C16H25ClN2S/c1-4-14(18)7-13-5-6-16(15(17)8-13)19-9-11(2)20-12(3)10-19/h5-6,8,11-12,14H,4,7,9-10,18H2,1-3H3. The second-order valence-electron chi connectivity index (χ2n) is 5.82. The highest BCUT2D eigenvalue weighted by atomic mass is 35.5. The summed E-state index contributed by atoms with van der Waals surface area (Å²) in [6.45, 7) is 8.84. The van der Waals surface area contributed by atoms with Gasteiger partial charge in [0.1, 0.15) is 0 Å². The van der Waals surface area contributed by atoms with E-state index in [9.17, 15) is 0 Å². The molecule has 0 aliphatic carbocycles. The summed E-state index contributed by atoms with van der Waals surface area (Å²) in [7, 11) is 0. The maximum Gasteiger partial charge on any atom is 0.0642 e. The molecule has 3 atom stereocenters. The second-order valence-corrected chi connectivity index (χ2v) is 8.11. The molecule has 0 amide bonds. The minimum Gasteiger partial charge on any atom is -0.368 e. The van der Waals surface area contributed by atoms with Crippen LogP contribution in [-0.4, -0.2) is 29.6 Å². The Morgan fingerprint density at radius 3 is 2.55 bits per heavy atom. The Morgan fingerprint density at radius 2 is 2.00 bits per heavy atom. The Hall–Kier alpha value is -0.380. The Bertz CT molecular complexity index is 442. The number of hydrogen-bond acceptors (Lipinski definition) is 3. The first kappa shape index (κ1) is 16.0. The Morgan fingerprint density at radius 1 is 1.35 bits per heavy atom. The van der Waals surface area contributed by atoms with Gasteiger partial charge in [-0.25, -0.2) is 0 Å². The molecule has 20 heavy (non-hydrogen) atoms. The van der Waals surface area contributed by atoms with Crippen molar-refractivity contribution in [2.45, 2.75) is 50.2 Å². The van der Waals surface area contributed by atoms with Crippen molar-refractivity contribution in [1.29, 1.82) is 0 Å². The maximum absolute atomic E-state index is 6.50. The lowest BCUT2D eigenvalue weighted by molar-refractivity contribution is 0.646. The minimum absolute atomic E-state index is 0.225. The van der Waals surface area contributed by atoms with Crippen molar-refractivity contribution < 1.29 is 0 Å². The number of benzene rings is 1. The lowest BCUT2D eigenvalue weighted by Gasteiger charge is -2.36. The molecule has 1 aliphatic heterocycles. The third-order valence-corrected chi connectivity index (χ3v) is 5.32. The van der Waals surface area contributed by atoms with Gasteiger partial charge >= 0.3 is 0 Å². The van der Waals surface area contributed by atoms with E-state index in [0.29, 0.717) is 10.5 Å². The maximum atomic E-state index is 6.50. The van der Waals surface area contributed by atoms with E-state index in [-0.39, 0.29) is 6.04 Å². The van der Waals surface area contributed by atoms with E-state index in [2.05, 4.69) is 55.6 Å². The van der Waals surface area contributed by atoms with Crippen LogP contribution in [0.1, 0.15) is 32.8 Å². The number of nitrogens with zero attached hydrogens (tertiary/aromatic N) is 1. The zero-order valence-electron chi connectivity index (χ0n) is 12.6. The average Bonchev–Trinajstić information content (AvgIpc) is 2.37. The highest BCUT2D eigenvalue weighted by Gasteiger charge is 2.23. The van der Waals surface area contributed by atoms with Crippen LogP contribution in [-0.2, 0) is 6.42 Å². The van der Waals surface area contributed by atoms with Gasteiger partial charge in [-0.3, -0.25) is 0 Å². The van der Waals surface area contributed by atoms with Crippen molar-refractivity contribution in [3.8, 4) is 0 Å². The van der Waals surface area contributed by atoms with Gasteiger partial charge < -0.3 is 10.6 Å². The van der Waals surface area contributed by atoms with Crippen LogP contribution in [0.15, 0.2) is 18.2 Å². The quantitative estimate of drug-likeness (QED) is 0.912. The van der Waals surface area contributed by atoms with E-state index in [4.69, 9.17) is 17.3 Å². The summed E-state index contributed by atoms with van der Waals surface area (Å²) in [6, 6.07) is 6.65. The molecule has 3 unspecified atom stereocenters. The summed E-state index contributed by atoms with van der Waals surface area (Å²) in [5.41, 5.74) is 8.42. The molecule has 1 aromatic carbocycles. The van der Waals surface area contributed by atoms with Gasteiger partial charge in [0.15, 0.2) is 0 Å². The molecule has 0 spiro atoms. The number of thioether (sulfide) groups is 1. The highest BCUT2D eigenvalue weighted by molar-refractivity contribution is 8.00. The Labute approximate surface area is 132 Å². The second kappa shape index (κ2) is 7.06. The molecule has 4 heteroatoms. The van der Waals surface area contributed by atoms with Crippen LogP contribution in [0, 0.1) is 0 Å². The van der Waals surface area contributed by atoms with Crippen LogP contribution in [0.3, 0.4) is 0 Å². The zero-order valence-corrected chi connectivity index (χ0v) is 14.2. The largest absolute Gasteiger partial charge is 0.368 e. The summed E-state index contributed by atoms with van der Waals surface area (Å²) in [4.78, 5) is 2.41. The molecule has 1 aliphatic rings. The van der Waals surface area contributed by atoms with Crippen molar-refractivity contribution >= 4 is 29.1 Å². The number of halogens is 1. The van der Waals surface area contributed by atoms with Crippen molar-refractivity contribution in [2.75, 3.05) is 18.0 Å². The predicted octanol–water partition coefficient (Wildman–Crippen LogP) is 3.95. The molecule has 2 N–H and O–H groups in total. The fourth-order valence-corrected chi connectivity index (χ4v) is 4.40. The van der Waals surface area contributed by atoms with Crippen molar-refractivity contribution in [2.24, 2.45) is 5.73 Å². The van der Waals surface area contributed by atoms with Crippen LogP contribution in [0.4, 0.5) is 5.69 Å². The van der Waals surface area contributed by atoms with Gasteiger partial charge in [-0.1, -0.05) is 38.4 Å². The summed E-state index contributed by atoms with van der Waals surface area (Å²) >= 11 is 8.55. The minimum atomic E-state index is 0.225. The fraction of sp³-hybridized carbons (Fsp3) is 0.625. The number of rotatable bonds is 4. The van der Waals surface area contributed by atoms with E-state index in [1.54, 1.807) is 0 Å². The number of nitrogens with two attached hydrogens (primary N) is 1. The third kappa shape index (κ3) is 4.06. The lowest BCUT2D eigenvalue weighted by atomic mass is 10.0. The molecule has 0 aromatic heterocycles. The summed E-state index contributed by atoms with van der Waals surface area (Å²) < 4.78 is 0. The smallest absolute Gasteiger partial charge is 0.0642 e. The number of anilines is 1. The van der Waals surface area contributed by atoms with Crippen LogP contribution >= 0.6 is 23.4 Å². The van der Waals surface area contributed by atoms with E-state index >= 15 is 0 Å². The van der Waals surface area contributed by atoms with Crippen LogP contribution in [0.2, 0.25) is 5.02 Å². The molecule has 2 nitrogen and oxygen atoms in total. The molecule has 1 heterocycles. The SMILES string of the molecule is CCC(N)Cc1ccc(N2CC(C)SC(C)C2)c(Cl)c1. The van der Waals surface area contributed by atoms with Crippen LogP contribution in [0.25, 0.3) is 0 Å². The molecule has 2 rings (SSSR count). The van der Waals surface area contributed by atoms with Crippen LogP contribution in [0.5, 0.6) is 0 Å². The Kier molecular flexibility index (Phi) is 5.65. The first-order valence-corrected chi connectivity index (χ1v) is 8.76. The molecule has 0 saturated carbocycles. The summed E-state index contributed by atoms with van der Waals surface area (Å²) in [5.74, 6) is 0. The topological polar surface area (TPSA) is 29.3 Å². The van der Waals surface area contributed by atoms with Gasteiger partial charge in [0.25, 0.3) is 0 Å². The molecule has 0 bridgehead atoms. The monoisotopic (exact) mass is 312 g/mol. The summed E-state index contributed by atoms with van der Waals surface area (Å²) in [6.07, 6.45) is 1.90. The van der Waals surface area contributed by atoms with Crippen molar-refractivity contribution in [3.63, 3.8) is 0 Å². The predicted molar refractivity (Wildman–Crippen MR) is 92.2 cm³/mol. The van der Waals surface area contributed by atoms with Crippen LogP contribution < -0.4 is 10.6 Å². The van der Waals surface area contributed by atoms with Gasteiger partial charge in [-0.2, -0.15) is 11.8 Å². The van der Waals surface area contributed by atoms with Gasteiger partial charge in [0, 0.05) is 29.6 Å². The average molecular weight is 313 g/mol. The zero-order chi connectivity index (χ0) is 14.7. The molecular formula is C16H25ClN2S. The molecule has 112 valence electrons. The van der Waals surface area contributed by atoms with Gasteiger partial charge in [-0.15, -0.1) is 0 Å². The van der Waals surface area contributed by atoms with E-state index in [1.165, 1.54) is 11.3 Å². The molecule has 0 radical (unpaired) electrons. The third-order valence-electron chi connectivity index (χ3n) is 3.79. The molecular weight excluding hydrogens is 288 g/mol. The normalized spacial score (nSPS) is 24.8. The van der Waals surface area contributed by atoms with Gasteiger partial charge in [0.2, 0.25) is 0 Å². The van der Waals surface area contributed by atoms with Crippen molar-refractivity contribution in [1.82, 2.24) is 0 Å². The fourth-order valence-electron chi connectivity index (χ4n) is 2.76. The highest BCUT2D eigenvalue weighted by Crippen LogP contribution is 2.33. The van der Waals surface area contributed by atoms with E-state index in [0.717, 1.165) is 31.0 Å². The van der Waals surface area contributed by atoms with E-state index < -0.39 is 0 Å². The first-order valence-electron chi connectivity index (χ1n) is 7.44. The van der Waals surface area contributed by atoms with Gasteiger partial charge in [-0.05, 0) is 30.5 Å². The lowest BCUT2D eigenvalue weighted by Crippen LogP contribution is -2.40. The first-order chi connectivity index (χ1) is 9.49. The molecule has 1 aromatic rings. The van der Waals surface area contributed by atoms with Crippen molar-refractivity contribution in [3.05, 3.63) is 28.8 Å². The number of hydrogen-bond donors (Lipinski definition) is 1. The Balaban J connectivity index is 2.13. The summed E-state index contributed by atoms with van der Waals surface area (Å²) in [5, 5.41) is 2.17. The molecule has 1 fully saturated rings. The van der Waals surface area contributed by atoms with E-state index in [1.807, 2.05) is 0 Å².